The summed E-state index contributed by atoms with van der Waals surface area (Å²) in [7, 11) is 1.47. The van der Waals surface area contributed by atoms with Gasteiger partial charge in [0.05, 0.1) is 32.4 Å². The molecule has 0 saturated carbocycles. The number of methoxy groups -OCH3 is 1. The van der Waals surface area contributed by atoms with Crippen LogP contribution in [-0.2, 0) is 4.74 Å². The summed E-state index contributed by atoms with van der Waals surface area (Å²) < 4.78 is 10.5. The molecule has 2 aromatic carbocycles. The van der Waals surface area contributed by atoms with Gasteiger partial charge >= 0.3 is 0 Å². The molecule has 0 bridgehead atoms. The lowest BCUT2D eigenvalue weighted by molar-refractivity contribution is 0.0902. The molecule has 0 atom stereocenters. The van der Waals surface area contributed by atoms with E-state index in [2.05, 4.69) is 10.2 Å². The maximum absolute atomic E-state index is 12.4. The second-order valence-corrected chi connectivity index (χ2v) is 6.53. The van der Waals surface area contributed by atoms with Crippen molar-refractivity contribution in [2.24, 2.45) is 0 Å². The molecule has 1 heterocycles. The van der Waals surface area contributed by atoms with Crippen LogP contribution in [0.15, 0.2) is 42.5 Å². The van der Waals surface area contributed by atoms with Crippen molar-refractivity contribution in [1.29, 1.82) is 0 Å². The SMILES string of the molecule is COc1ccc(Cl)cc1C(=O)NCC(=O)c1ccc(N2CCOCC2)cc1. The van der Waals surface area contributed by atoms with Gasteiger partial charge in [-0.15, -0.1) is 0 Å². The van der Waals surface area contributed by atoms with E-state index in [-0.39, 0.29) is 12.3 Å². The zero-order valence-corrected chi connectivity index (χ0v) is 15.8. The van der Waals surface area contributed by atoms with Crippen LogP contribution >= 0.6 is 11.6 Å². The van der Waals surface area contributed by atoms with E-state index in [0.29, 0.717) is 35.1 Å². The summed E-state index contributed by atoms with van der Waals surface area (Å²) in [6.45, 7) is 2.99. The molecule has 7 heteroatoms. The molecule has 0 aliphatic carbocycles. The molecule has 2 aromatic rings. The van der Waals surface area contributed by atoms with Gasteiger partial charge in [-0.25, -0.2) is 0 Å². The third-order valence-corrected chi connectivity index (χ3v) is 4.62. The third kappa shape index (κ3) is 4.78. The van der Waals surface area contributed by atoms with Gasteiger partial charge in [0, 0.05) is 29.4 Å². The topological polar surface area (TPSA) is 67.9 Å². The molecular weight excluding hydrogens is 368 g/mol. The fraction of sp³-hybridized carbons (Fsp3) is 0.300. The highest BCUT2D eigenvalue weighted by Gasteiger charge is 2.16. The molecule has 1 fully saturated rings. The van der Waals surface area contributed by atoms with Gasteiger partial charge < -0.3 is 19.7 Å². The number of ketones is 1. The first-order valence-electron chi connectivity index (χ1n) is 8.66. The molecule has 27 heavy (non-hydrogen) atoms. The van der Waals surface area contributed by atoms with Crippen molar-refractivity contribution in [1.82, 2.24) is 5.32 Å². The number of benzene rings is 2. The largest absolute Gasteiger partial charge is 0.496 e. The van der Waals surface area contributed by atoms with E-state index >= 15 is 0 Å². The highest BCUT2D eigenvalue weighted by Crippen LogP contribution is 2.22. The molecule has 142 valence electrons. The molecule has 1 amide bonds. The highest BCUT2D eigenvalue weighted by atomic mass is 35.5. The van der Waals surface area contributed by atoms with Crippen LogP contribution in [0.3, 0.4) is 0 Å². The maximum atomic E-state index is 12.4. The Kier molecular flexibility index (Phi) is 6.32. The molecule has 6 nitrogen and oxygen atoms in total. The molecular formula is C20H21ClN2O4. The van der Waals surface area contributed by atoms with E-state index in [4.69, 9.17) is 21.1 Å². The number of morpholine rings is 1. The van der Waals surface area contributed by atoms with Gasteiger partial charge in [-0.2, -0.15) is 0 Å². The number of anilines is 1. The number of hydrogen-bond acceptors (Lipinski definition) is 5. The Balaban J connectivity index is 1.60. The van der Waals surface area contributed by atoms with Gasteiger partial charge in [0.1, 0.15) is 5.75 Å². The minimum atomic E-state index is -0.410. The second kappa shape index (κ2) is 8.88. The van der Waals surface area contributed by atoms with Gasteiger partial charge in [0.25, 0.3) is 5.91 Å². The minimum absolute atomic E-state index is 0.106. The first-order chi connectivity index (χ1) is 13.1. The summed E-state index contributed by atoms with van der Waals surface area (Å²) in [4.78, 5) is 26.9. The minimum Gasteiger partial charge on any atom is -0.496 e. The molecule has 1 aliphatic heterocycles. The lowest BCUT2D eigenvalue weighted by atomic mass is 10.1. The smallest absolute Gasteiger partial charge is 0.255 e. The van der Waals surface area contributed by atoms with Crippen molar-refractivity contribution in [2.45, 2.75) is 0 Å². The van der Waals surface area contributed by atoms with Crippen LogP contribution in [0.5, 0.6) is 5.75 Å². The zero-order valence-electron chi connectivity index (χ0n) is 15.0. The van der Waals surface area contributed by atoms with Gasteiger partial charge in [-0.1, -0.05) is 11.6 Å². The molecule has 1 saturated heterocycles. The Morgan fingerprint density at radius 3 is 2.52 bits per heavy atom. The van der Waals surface area contributed by atoms with Gasteiger partial charge in [0.15, 0.2) is 5.78 Å². The van der Waals surface area contributed by atoms with Crippen molar-refractivity contribution in [2.75, 3.05) is 44.9 Å². The Labute approximate surface area is 163 Å². The number of nitrogens with one attached hydrogen (secondary N) is 1. The normalized spacial score (nSPS) is 13.9. The van der Waals surface area contributed by atoms with Crippen molar-refractivity contribution >= 4 is 29.0 Å². The van der Waals surface area contributed by atoms with Gasteiger partial charge in [-0.05, 0) is 42.5 Å². The molecule has 3 rings (SSSR count). The summed E-state index contributed by atoms with van der Waals surface area (Å²) in [6.07, 6.45) is 0. The van der Waals surface area contributed by atoms with Gasteiger partial charge in [0.2, 0.25) is 0 Å². The Morgan fingerprint density at radius 1 is 1.15 bits per heavy atom. The zero-order chi connectivity index (χ0) is 19.2. The molecule has 0 aromatic heterocycles. The second-order valence-electron chi connectivity index (χ2n) is 6.10. The summed E-state index contributed by atoms with van der Waals surface area (Å²) in [6, 6.07) is 12.2. The fourth-order valence-electron chi connectivity index (χ4n) is 2.90. The number of carbonyl (C=O) groups is 2. The summed E-state index contributed by atoms with van der Waals surface area (Å²) in [5.41, 5.74) is 1.90. The summed E-state index contributed by atoms with van der Waals surface area (Å²) in [5, 5.41) is 3.05. The predicted octanol–water partition coefficient (Wildman–Crippen LogP) is 2.80. The lowest BCUT2D eigenvalue weighted by Gasteiger charge is -2.28. The first-order valence-corrected chi connectivity index (χ1v) is 9.04. The number of halogens is 1. The number of amides is 1. The molecule has 1 N–H and O–H groups in total. The van der Waals surface area contributed by atoms with Crippen LogP contribution in [0.4, 0.5) is 5.69 Å². The van der Waals surface area contributed by atoms with Crippen LogP contribution in [0.2, 0.25) is 5.02 Å². The summed E-state index contributed by atoms with van der Waals surface area (Å²) >= 11 is 5.94. The number of ether oxygens (including phenoxy) is 2. The maximum Gasteiger partial charge on any atom is 0.255 e. The van der Waals surface area contributed by atoms with E-state index in [9.17, 15) is 9.59 Å². The summed E-state index contributed by atoms with van der Waals surface area (Å²) in [5.74, 6) is -0.176. The average Bonchev–Trinajstić information content (AvgIpc) is 2.72. The van der Waals surface area contributed by atoms with E-state index in [1.54, 1.807) is 24.3 Å². The highest BCUT2D eigenvalue weighted by molar-refractivity contribution is 6.31. The van der Waals surface area contributed by atoms with Crippen molar-refractivity contribution in [3.8, 4) is 5.75 Å². The monoisotopic (exact) mass is 388 g/mol. The van der Waals surface area contributed by atoms with Gasteiger partial charge in [-0.3, -0.25) is 9.59 Å². The van der Waals surface area contributed by atoms with E-state index < -0.39 is 5.91 Å². The average molecular weight is 389 g/mol. The number of hydrogen-bond donors (Lipinski definition) is 1. The van der Waals surface area contributed by atoms with E-state index in [1.165, 1.54) is 13.2 Å². The fourth-order valence-corrected chi connectivity index (χ4v) is 3.07. The van der Waals surface area contributed by atoms with E-state index in [0.717, 1.165) is 18.8 Å². The number of carbonyl (C=O) groups excluding carboxylic acids is 2. The quantitative estimate of drug-likeness (QED) is 0.771. The van der Waals surface area contributed by atoms with E-state index in [1.807, 2.05) is 12.1 Å². The van der Waals surface area contributed by atoms with Crippen LogP contribution in [0, 0.1) is 0 Å². The molecule has 0 radical (unpaired) electrons. The van der Waals surface area contributed by atoms with Crippen molar-refractivity contribution in [3.05, 3.63) is 58.6 Å². The molecule has 0 spiro atoms. The molecule has 0 unspecified atom stereocenters. The Morgan fingerprint density at radius 2 is 1.85 bits per heavy atom. The number of nitrogens with zero attached hydrogens (tertiary/aromatic N) is 1. The van der Waals surface area contributed by atoms with Crippen LogP contribution in [0.25, 0.3) is 0 Å². The number of rotatable bonds is 6. The van der Waals surface area contributed by atoms with Crippen LogP contribution < -0.4 is 15.0 Å². The van der Waals surface area contributed by atoms with Crippen LogP contribution in [0.1, 0.15) is 20.7 Å². The Bertz CT molecular complexity index is 817. The lowest BCUT2D eigenvalue weighted by Crippen LogP contribution is -2.36. The predicted molar refractivity (Wildman–Crippen MR) is 104 cm³/mol. The van der Waals surface area contributed by atoms with Crippen LogP contribution in [-0.4, -0.2) is 51.6 Å². The Hall–Kier alpha value is -2.57. The number of Topliss-reactive ketones (excluding diaryl/α,β-unsaturated/α-hetero) is 1. The van der Waals surface area contributed by atoms with Crippen molar-refractivity contribution in [3.63, 3.8) is 0 Å². The first kappa shape index (κ1) is 19.2. The van der Waals surface area contributed by atoms with Crippen molar-refractivity contribution < 1.29 is 19.1 Å². The third-order valence-electron chi connectivity index (χ3n) is 4.38. The molecule has 1 aliphatic rings. The standard InChI is InChI=1S/C20H21ClN2O4/c1-26-19-7-4-15(21)12-17(19)20(25)22-13-18(24)14-2-5-16(6-3-14)23-8-10-27-11-9-23/h2-7,12H,8-11,13H2,1H3,(H,22,25).